The minimum absolute atomic E-state index is 0.484. The highest BCUT2D eigenvalue weighted by Crippen LogP contribution is 2.28. The highest BCUT2D eigenvalue weighted by Gasteiger charge is 2.34. The fraction of sp³-hybridized carbons (Fsp3) is 0.200. The Morgan fingerprint density at radius 3 is 2.32 bits per heavy atom. The summed E-state index contributed by atoms with van der Waals surface area (Å²) in [6, 6.07) is 6.63. The van der Waals surface area contributed by atoms with Gasteiger partial charge >= 0.3 is 6.18 Å². The molecule has 0 bridgehead atoms. The third-order valence-electron chi connectivity index (χ3n) is 3.46. The number of carbonyl (C=O) groups excluding carboxylic acids is 1. The van der Waals surface area contributed by atoms with Crippen LogP contribution in [0.2, 0.25) is 0 Å². The van der Waals surface area contributed by atoms with Crippen LogP contribution in [0.1, 0.15) is 18.7 Å². The minimum atomic E-state index is -4.54. The van der Waals surface area contributed by atoms with Gasteiger partial charge in [-0.15, -0.1) is 0 Å². The number of carbonyl (C=O) groups is 1. The molecule has 0 aliphatic rings. The van der Waals surface area contributed by atoms with Crippen LogP contribution in [0.5, 0.6) is 0 Å². The predicted octanol–water partition coefficient (Wildman–Crippen LogP) is 2.68. The third kappa shape index (κ3) is 3.67. The van der Waals surface area contributed by atoms with E-state index in [1.807, 2.05) is 0 Å². The Morgan fingerprint density at radius 1 is 1.12 bits per heavy atom. The lowest BCUT2D eigenvalue weighted by Gasteiger charge is -2.13. The summed E-state index contributed by atoms with van der Waals surface area (Å²) in [5, 5.41) is 14.0. The summed E-state index contributed by atoms with van der Waals surface area (Å²) in [7, 11) is 0. The smallest absolute Gasteiger partial charge is 0.324 e. The lowest BCUT2D eigenvalue weighted by atomic mass is 10.2. The molecule has 3 aromatic rings. The van der Waals surface area contributed by atoms with Crippen LogP contribution in [0, 0.1) is 0 Å². The second kappa shape index (κ2) is 6.38. The number of nitrogens with one attached hydrogen (secondary N) is 1. The van der Waals surface area contributed by atoms with Crippen LogP contribution in [0.15, 0.2) is 48.9 Å². The molecule has 0 fully saturated rings. The largest absolute Gasteiger partial charge is 0.435 e. The average Bonchev–Trinajstić information content (AvgIpc) is 3.26. The lowest BCUT2D eigenvalue weighted by molar-refractivity contribution is -0.141. The Labute approximate surface area is 140 Å². The molecule has 1 unspecified atom stereocenters. The van der Waals surface area contributed by atoms with Gasteiger partial charge < -0.3 is 5.32 Å². The maximum absolute atomic E-state index is 12.6. The maximum Gasteiger partial charge on any atom is 0.435 e. The summed E-state index contributed by atoms with van der Waals surface area (Å²) in [6.45, 7) is 1.46. The highest BCUT2D eigenvalue weighted by atomic mass is 19.4. The molecule has 7 nitrogen and oxygen atoms in total. The first-order valence-corrected chi connectivity index (χ1v) is 7.24. The SMILES string of the molecule is CC(C(=O)Nc1ccc(-n2nccn2)cc1)n1ccc(C(F)(F)F)n1. The van der Waals surface area contributed by atoms with E-state index in [4.69, 9.17) is 0 Å². The van der Waals surface area contributed by atoms with Crippen LogP contribution in [-0.4, -0.2) is 30.7 Å². The first-order valence-electron chi connectivity index (χ1n) is 7.24. The van der Waals surface area contributed by atoms with Crippen LogP contribution in [-0.2, 0) is 11.0 Å². The van der Waals surface area contributed by atoms with Gasteiger partial charge in [0.2, 0.25) is 5.91 Å². The molecular formula is C15H13F3N6O. The van der Waals surface area contributed by atoms with Gasteiger partial charge in [0.1, 0.15) is 6.04 Å². The van der Waals surface area contributed by atoms with Gasteiger partial charge in [0, 0.05) is 11.9 Å². The molecule has 25 heavy (non-hydrogen) atoms. The summed E-state index contributed by atoms with van der Waals surface area (Å²) < 4.78 is 38.7. The molecule has 0 saturated heterocycles. The molecular weight excluding hydrogens is 337 g/mol. The molecule has 10 heteroatoms. The zero-order valence-electron chi connectivity index (χ0n) is 13.0. The molecule has 2 heterocycles. The van der Waals surface area contributed by atoms with Crippen molar-refractivity contribution in [2.75, 3.05) is 5.32 Å². The first-order chi connectivity index (χ1) is 11.8. The van der Waals surface area contributed by atoms with Crippen molar-refractivity contribution in [2.45, 2.75) is 19.1 Å². The molecule has 3 rings (SSSR count). The third-order valence-corrected chi connectivity index (χ3v) is 3.46. The maximum atomic E-state index is 12.6. The van der Waals surface area contributed by atoms with E-state index in [1.165, 1.54) is 24.1 Å². The fourth-order valence-electron chi connectivity index (χ4n) is 2.10. The first kappa shape index (κ1) is 16.7. The van der Waals surface area contributed by atoms with Gasteiger partial charge in [0.05, 0.1) is 18.1 Å². The Hall–Kier alpha value is -3.17. The number of benzene rings is 1. The van der Waals surface area contributed by atoms with E-state index < -0.39 is 23.8 Å². The number of nitrogens with zero attached hydrogens (tertiary/aromatic N) is 5. The van der Waals surface area contributed by atoms with E-state index in [2.05, 4.69) is 20.6 Å². The second-order valence-electron chi connectivity index (χ2n) is 5.21. The molecule has 0 aliphatic carbocycles. The molecule has 130 valence electrons. The topological polar surface area (TPSA) is 77.6 Å². The van der Waals surface area contributed by atoms with Gasteiger partial charge in [-0.25, -0.2) is 0 Å². The molecule has 1 atom stereocenters. The summed E-state index contributed by atoms with van der Waals surface area (Å²) in [6.07, 6.45) is -0.343. The summed E-state index contributed by atoms with van der Waals surface area (Å²) >= 11 is 0. The van der Waals surface area contributed by atoms with Crippen molar-refractivity contribution in [2.24, 2.45) is 0 Å². The number of aromatic nitrogens is 5. The molecule has 0 spiro atoms. The van der Waals surface area contributed by atoms with Crippen LogP contribution in [0.25, 0.3) is 5.69 Å². The standard InChI is InChI=1S/C15H13F3N6O/c1-10(23-9-6-13(22-23)15(16,17)18)14(25)21-11-2-4-12(5-3-11)24-19-7-8-20-24/h2-10H,1H3,(H,21,25). The van der Waals surface area contributed by atoms with Gasteiger partial charge in [-0.1, -0.05) is 0 Å². The van der Waals surface area contributed by atoms with Gasteiger partial charge in [0.15, 0.2) is 5.69 Å². The van der Waals surface area contributed by atoms with E-state index >= 15 is 0 Å². The molecule has 1 amide bonds. The van der Waals surface area contributed by atoms with Gasteiger partial charge in [0.25, 0.3) is 0 Å². The van der Waals surface area contributed by atoms with Gasteiger partial charge in [-0.05, 0) is 37.3 Å². The van der Waals surface area contributed by atoms with Crippen molar-refractivity contribution >= 4 is 11.6 Å². The zero-order valence-corrected chi connectivity index (χ0v) is 13.0. The molecule has 0 saturated carbocycles. The summed E-state index contributed by atoms with van der Waals surface area (Å²) in [4.78, 5) is 13.6. The monoisotopic (exact) mass is 350 g/mol. The van der Waals surface area contributed by atoms with Crippen molar-refractivity contribution in [3.63, 3.8) is 0 Å². The quantitative estimate of drug-likeness (QED) is 0.785. The van der Waals surface area contributed by atoms with E-state index in [0.29, 0.717) is 11.4 Å². The predicted molar refractivity (Wildman–Crippen MR) is 81.9 cm³/mol. The molecule has 2 aromatic heterocycles. The highest BCUT2D eigenvalue weighted by molar-refractivity contribution is 5.93. The van der Waals surface area contributed by atoms with Crippen molar-refractivity contribution < 1.29 is 18.0 Å². The number of hydrogen-bond acceptors (Lipinski definition) is 4. The van der Waals surface area contributed by atoms with E-state index in [-0.39, 0.29) is 0 Å². The average molecular weight is 350 g/mol. The number of rotatable bonds is 4. The summed E-state index contributed by atoms with van der Waals surface area (Å²) in [5.41, 5.74) is 0.164. The van der Waals surface area contributed by atoms with Gasteiger partial charge in [-0.3, -0.25) is 9.48 Å². The fourth-order valence-corrected chi connectivity index (χ4v) is 2.10. The van der Waals surface area contributed by atoms with Gasteiger partial charge in [-0.2, -0.15) is 33.3 Å². The van der Waals surface area contributed by atoms with E-state index in [0.717, 1.165) is 16.9 Å². The Bertz CT molecular complexity index is 854. The number of alkyl halides is 3. The Morgan fingerprint density at radius 2 is 1.76 bits per heavy atom. The number of halogens is 3. The van der Waals surface area contributed by atoms with Crippen LogP contribution in [0.4, 0.5) is 18.9 Å². The molecule has 1 N–H and O–H groups in total. The van der Waals surface area contributed by atoms with Crippen LogP contribution >= 0.6 is 0 Å². The number of hydrogen-bond donors (Lipinski definition) is 1. The van der Waals surface area contributed by atoms with Crippen molar-refractivity contribution in [3.05, 3.63) is 54.6 Å². The van der Waals surface area contributed by atoms with E-state index in [9.17, 15) is 18.0 Å². The van der Waals surface area contributed by atoms with Crippen LogP contribution in [0.3, 0.4) is 0 Å². The number of anilines is 1. The van der Waals surface area contributed by atoms with E-state index in [1.54, 1.807) is 24.3 Å². The van der Waals surface area contributed by atoms with Crippen molar-refractivity contribution in [1.82, 2.24) is 24.8 Å². The number of amides is 1. The van der Waals surface area contributed by atoms with Crippen molar-refractivity contribution in [1.29, 1.82) is 0 Å². The Kier molecular flexibility index (Phi) is 4.26. The van der Waals surface area contributed by atoms with Crippen molar-refractivity contribution in [3.8, 4) is 5.69 Å². The second-order valence-corrected chi connectivity index (χ2v) is 5.21. The zero-order chi connectivity index (χ0) is 18.0. The normalized spacial score (nSPS) is 12.8. The lowest BCUT2D eigenvalue weighted by Crippen LogP contribution is -2.24. The molecule has 1 aromatic carbocycles. The molecule has 0 aliphatic heterocycles. The molecule has 0 radical (unpaired) electrons. The van der Waals surface area contributed by atoms with Crippen LogP contribution < -0.4 is 5.32 Å². The minimum Gasteiger partial charge on any atom is -0.324 e. The summed E-state index contributed by atoms with van der Waals surface area (Å²) in [5.74, 6) is -0.484. The Balaban J connectivity index is 1.68.